The van der Waals surface area contributed by atoms with Crippen molar-refractivity contribution in [2.75, 3.05) is 55.4 Å². The fourth-order valence-corrected chi connectivity index (χ4v) is 21.9. The van der Waals surface area contributed by atoms with Crippen molar-refractivity contribution in [2.24, 2.45) is 17.2 Å². The highest BCUT2D eigenvalue weighted by Crippen LogP contribution is 2.69. The summed E-state index contributed by atoms with van der Waals surface area (Å²) in [6.07, 6.45) is -3.25. The van der Waals surface area contributed by atoms with Gasteiger partial charge in [0.25, 0.3) is 17.1 Å². The van der Waals surface area contributed by atoms with Gasteiger partial charge in [0, 0.05) is 54.2 Å². The van der Waals surface area contributed by atoms with Crippen molar-refractivity contribution in [1.29, 1.82) is 0 Å². The fourth-order valence-electron chi connectivity index (χ4n) is 12.8. The van der Waals surface area contributed by atoms with E-state index in [0.29, 0.717) is 33.4 Å². The summed E-state index contributed by atoms with van der Waals surface area (Å²) in [6.45, 7) is 2.74. The molecule has 6 aromatic heterocycles. The number of nitrogens with one attached hydrogen (secondary N) is 3. The van der Waals surface area contributed by atoms with Gasteiger partial charge in [-0.2, -0.15) is 25.9 Å². The number of anilines is 3. The van der Waals surface area contributed by atoms with Gasteiger partial charge in [-0.25, -0.2) is 85.9 Å². The van der Waals surface area contributed by atoms with Gasteiger partial charge in [-0.05, 0) is 57.2 Å². The summed E-state index contributed by atoms with van der Waals surface area (Å²) < 4.78 is 160. The molecule has 9 heterocycles. The van der Waals surface area contributed by atoms with Crippen molar-refractivity contribution in [3.05, 3.63) is 156 Å². The fraction of sp³-hybridized carbons (Fsp3) is 0.381. The second-order valence-corrected chi connectivity index (χ2v) is 41.1. The van der Waals surface area contributed by atoms with Gasteiger partial charge in [-0.1, -0.05) is 35.5 Å². The number of nitrogens with two attached hydrogens (primary N) is 3. The van der Waals surface area contributed by atoms with Crippen molar-refractivity contribution in [1.82, 2.24) is 58.6 Å². The molecule has 18 atom stereocenters. The maximum atomic E-state index is 12.0. The highest BCUT2D eigenvalue weighted by atomic mass is 31.3. The quantitative estimate of drug-likeness (QED) is 0.0115. The molecule has 9 unspecified atom stereocenters. The monoisotopic (exact) mass is 2080 g/mol. The number of imidazole rings is 3. The molecule has 24 N–H and O–H groups in total. The van der Waals surface area contributed by atoms with Crippen LogP contribution in [0.1, 0.15) is 110 Å². The first kappa shape index (κ1) is 107. The van der Waals surface area contributed by atoms with Crippen LogP contribution in [0.4, 0.5) is 34.5 Å². The molecule has 3 saturated heterocycles. The van der Waals surface area contributed by atoms with Crippen LogP contribution in [0.25, 0.3) is 33.5 Å². The van der Waals surface area contributed by atoms with Gasteiger partial charge in [0.05, 0.1) is 126 Å². The zero-order chi connectivity index (χ0) is 99.5. The lowest BCUT2D eigenvalue weighted by molar-refractivity contribution is -0.385. The Labute approximate surface area is 755 Å². The van der Waals surface area contributed by atoms with E-state index in [-0.39, 0.29) is 107 Å². The maximum absolute atomic E-state index is 12.0. The van der Waals surface area contributed by atoms with Crippen LogP contribution >= 0.6 is 70.4 Å². The highest BCUT2D eigenvalue weighted by Gasteiger charge is 2.48. The summed E-state index contributed by atoms with van der Waals surface area (Å²) in [4.78, 5) is 180. The molecule has 12 rings (SSSR count). The lowest BCUT2D eigenvalue weighted by Gasteiger charge is -2.19. The SMILES string of the molecule is CC(Nc1ncnc2c1ncn2[C@H]1C[C@@H](O)[C@@H](COP(=O)(O)OP(=O)(O)OP(=O)(O)O)O1)c1ccc(C#CCN)cc1[N+](=O)[O-].CC(Nc1ncnc2c1ncn2[C@H]1C[C@@H](O)[C@@H](COP(=O)(O)OP(=O)(O)OP(=O)(O)O)O1)c1ccc(C#CCN)cc1[N+](=O)[O-].CC(Nc1ncnc2c1ncn2[C@H]1C[C@@H](O)[C@@H](COP(=O)(O)OP(=O)(O)OP(=O)(O)O)O1)c1ccc(C#CCN)cc1[N+](=O)[O-]. The predicted octanol–water partition coefficient (Wildman–Crippen LogP) is 3.63. The normalized spacial score (nSPS) is 21.8. The number of aliphatic hydroxyl groups excluding tert-OH is 3. The average Bonchev–Trinajstić information content (AvgIpc) is 1.63. The Morgan fingerprint density at radius 2 is 0.644 bits per heavy atom. The third kappa shape index (κ3) is 30.2. The first-order chi connectivity index (χ1) is 62.9. The maximum Gasteiger partial charge on any atom is 0.490 e. The number of ether oxygens (including phenoxy) is 3. The number of hydrogen-bond acceptors (Lipinski definition) is 45. The lowest BCUT2D eigenvalue weighted by Crippen LogP contribution is -2.26. The molecule has 135 heavy (non-hydrogen) atoms. The molecule has 3 aromatic carbocycles. The average molecular weight is 2080 g/mol. The van der Waals surface area contributed by atoms with E-state index in [1.54, 1.807) is 57.2 Å². The van der Waals surface area contributed by atoms with Gasteiger partial charge in [0.2, 0.25) is 0 Å². The summed E-state index contributed by atoms with van der Waals surface area (Å²) in [5.74, 6) is 16.8. The molecule has 9 aromatic rings. The Morgan fingerprint density at radius 3 is 0.867 bits per heavy atom. The molecular weight excluding hydrogens is 2000 g/mol. The Hall–Kier alpha value is -9.54. The van der Waals surface area contributed by atoms with E-state index in [9.17, 15) is 116 Å². The number of nitrogens with zero attached hydrogens (tertiary/aromatic N) is 15. The topological polar surface area (TPSA) is 942 Å². The molecule has 0 saturated carbocycles. The number of nitro groups is 3. The molecule has 0 bridgehead atoms. The predicted molar refractivity (Wildman–Crippen MR) is 452 cm³/mol. The number of hydrogen-bond donors (Lipinski definition) is 21. The van der Waals surface area contributed by atoms with Crippen LogP contribution in [0, 0.1) is 65.9 Å². The minimum absolute atomic E-state index is 0.0926. The van der Waals surface area contributed by atoms with E-state index in [0.717, 1.165) is 0 Å². The van der Waals surface area contributed by atoms with E-state index in [1.807, 2.05) is 0 Å². The number of fused-ring (bicyclic) bond motifs is 3. The van der Waals surface area contributed by atoms with Gasteiger partial charge in [-0.15, -0.1) is 0 Å². The van der Waals surface area contributed by atoms with Gasteiger partial charge >= 0.3 is 70.4 Å². The smallest absolute Gasteiger partial charge is 0.390 e. The molecule has 0 aliphatic carbocycles. The minimum atomic E-state index is -5.72. The van der Waals surface area contributed by atoms with Crippen molar-refractivity contribution in [3.63, 3.8) is 0 Å². The largest absolute Gasteiger partial charge is 0.490 e. The van der Waals surface area contributed by atoms with E-state index < -0.39 is 178 Å². The number of aliphatic hydroxyl groups is 3. The molecule has 3 aliphatic rings. The van der Waals surface area contributed by atoms with Crippen molar-refractivity contribution in [2.45, 2.75) is 113 Å². The second-order valence-electron chi connectivity index (χ2n) is 27.8. The van der Waals surface area contributed by atoms with Crippen LogP contribution in [0.2, 0.25) is 0 Å². The summed E-state index contributed by atoms with van der Waals surface area (Å²) in [5.41, 5.74) is 19.3. The molecule has 0 amide bonds. The Balaban J connectivity index is 0.000000209. The number of benzene rings is 3. The van der Waals surface area contributed by atoms with E-state index in [4.69, 9.17) is 60.8 Å². The summed E-state index contributed by atoms with van der Waals surface area (Å²) >= 11 is 0. The molecule has 63 nitrogen and oxygen atoms in total. The molecule has 0 spiro atoms. The number of aromatic nitrogens is 12. The summed E-state index contributed by atoms with van der Waals surface area (Å²) in [5, 5.41) is 75.9. The summed E-state index contributed by atoms with van der Waals surface area (Å²) in [7, 11) is -50.2. The second kappa shape index (κ2) is 44.5. The van der Waals surface area contributed by atoms with Crippen LogP contribution in [-0.2, 0) is 94.7 Å². The van der Waals surface area contributed by atoms with Crippen LogP contribution < -0.4 is 33.2 Å². The minimum Gasteiger partial charge on any atom is -0.390 e. The Bertz CT molecular complexity index is 5980. The zero-order valence-corrected chi connectivity index (χ0v) is 76.7. The van der Waals surface area contributed by atoms with Gasteiger partial charge in [-0.3, -0.25) is 57.6 Å². The van der Waals surface area contributed by atoms with Gasteiger partial charge in [0.15, 0.2) is 50.9 Å². The van der Waals surface area contributed by atoms with Crippen molar-refractivity contribution < 1.29 is 184 Å². The van der Waals surface area contributed by atoms with Crippen molar-refractivity contribution >= 4 is 138 Å². The zero-order valence-electron chi connectivity index (χ0n) is 68.6. The number of rotatable bonds is 36. The van der Waals surface area contributed by atoms with Crippen LogP contribution in [0.15, 0.2) is 92.6 Å². The highest BCUT2D eigenvalue weighted by molar-refractivity contribution is 7.68. The first-order valence-corrected chi connectivity index (χ1v) is 51.1. The molecule has 3 aliphatic heterocycles. The molecule has 732 valence electrons. The van der Waals surface area contributed by atoms with Crippen molar-refractivity contribution in [3.8, 4) is 35.5 Å². The number of nitro benzene ring substituents is 3. The van der Waals surface area contributed by atoms with E-state index >= 15 is 0 Å². The molecule has 0 radical (unpaired) electrons. The summed E-state index contributed by atoms with van der Waals surface area (Å²) in [6, 6.07) is 11.7. The standard InChI is InChI=1S/3C21H26N7O14P3/c3*1-12(14-5-4-13(3-2-6-22)7-15(14)28(30)31)26-20-19-21(24-10-23-20)27(11-25-19)18-8-16(29)17(40-18)9-39-44(35,36)42-45(37,38)41-43(32,33)34/h3*4-5,7,10-12,16-18,29H,6,8-9,22H2,1H3,(H,35,36)(H,37,38)(H,23,24,26)(H2,32,33,34)/t3*12?,16-,17-,18-/m111/s1. The lowest BCUT2D eigenvalue weighted by atomic mass is 10.0. The number of phosphoric acid groups is 9. The van der Waals surface area contributed by atoms with E-state index in [1.165, 1.54) is 69.9 Å². The van der Waals surface area contributed by atoms with Crippen LogP contribution in [0.3, 0.4) is 0 Å². The Morgan fingerprint density at radius 1 is 0.400 bits per heavy atom. The first-order valence-electron chi connectivity index (χ1n) is 37.5. The molecule has 72 heteroatoms. The van der Waals surface area contributed by atoms with E-state index in [2.05, 4.69) is 136 Å². The Kier molecular flexibility index (Phi) is 35.4. The third-order valence-corrected chi connectivity index (χ3v) is 29.6. The van der Waals surface area contributed by atoms with Gasteiger partial charge in [0.1, 0.15) is 56.0 Å². The third-order valence-electron chi connectivity index (χ3n) is 18.2. The molecular formula is C63H78N21O42P9. The van der Waals surface area contributed by atoms with Gasteiger partial charge < -0.3 is 121 Å². The molecule has 3 fully saturated rings. The number of phosphoric ester groups is 3. The van der Waals surface area contributed by atoms with Crippen LogP contribution in [-0.4, -0.2) is 223 Å². The van der Waals surface area contributed by atoms with Crippen LogP contribution in [0.5, 0.6) is 0 Å².